The Morgan fingerprint density at radius 3 is 2.55 bits per heavy atom. The van der Waals surface area contributed by atoms with Gasteiger partial charge in [0.2, 0.25) is 0 Å². The summed E-state index contributed by atoms with van der Waals surface area (Å²) in [5, 5.41) is 1.49. The monoisotopic (exact) mass is 215 g/mol. The van der Waals surface area contributed by atoms with Crippen molar-refractivity contribution in [2.24, 2.45) is 5.84 Å². The second-order valence-electron chi connectivity index (χ2n) is 2.31. The molecule has 4 heteroatoms. The number of nitrogens with two attached hydrogens (primary N) is 2. The van der Waals surface area contributed by atoms with E-state index in [1.807, 2.05) is 18.2 Å². The molecule has 0 aliphatic carbocycles. The van der Waals surface area contributed by atoms with Crippen LogP contribution in [0, 0.1) is 0 Å². The van der Waals surface area contributed by atoms with Gasteiger partial charge in [0.05, 0.1) is 11.4 Å². The summed E-state index contributed by atoms with van der Waals surface area (Å²) in [6, 6.07) is 5.58. The summed E-state index contributed by atoms with van der Waals surface area (Å²) >= 11 is 3.31. The summed E-state index contributed by atoms with van der Waals surface area (Å²) in [5.41, 5.74) is 7.17. The molecule has 3 nitrogen and oxygen atoms in total. The molecule has 0 aliphatic rings. The second-order valence-corrected chi connectivity index (χ2v) is 3.23. The van der Waals surface area contributed by atoms with Crippen molar-refractivity contribution in [2.75, 3.05) is 17.8 Å². The SMILES string of the molecule is CN(N)c1ccc(Br)cc1N. The van der Waals surface area contributed by atoms with Gasteiger partial charge in [-0.1, -0.05) is 15.9 Å². The molecule has 0 amide bonds. The summed E-state index contributed by atoms with van der Waals surface area (Å²) in [5.74, 6) is 5.50. The molecule has 1 aromatic rings. The number of benzene rings is 1. The van der Waals surface area contributed by atoms with E-state index in [4.69, 9.17) is 11.6 Å². The van der Waals surface area contributed by atoms with Crippen molar-refractivity contribution < 1.29 is 0 Å². The number of nitrogen functional groups attached to an aromatic ring is 1. The zero-order valence-electron chi connectivity index (χ0n) is 6.21. The lowest BCUT2D eigenvalue weighted by molar-refractivity contribution is 1.02. The van der Waals surface area contributed by atoms with Gasteiger partial charge in [0, 0.05) is 11.5 Å². The van der Waals surface area contributed by atoms with E-state index in [2.05, 4.69) is 15.9 Å². The Kier molecular flexibility index (Phi) is 2.36. The molecule has 4 N–H and O–H groups in total. The maximum Gasteiger partial charge on any atom is 0.0744 e. The summed E-state index contributed by atoms with van der Waals surface area (Å²) in [7, 11) is 1.75. The molecule has 0 aliphatic heterocycles. The van der Waals surface area contributed by atoms with E-state index in [1.54, 1.807) is 7.05 Å². The van der Waals surface area contributed by atoms with Crippen molar-refractivity contribution in [1.82, 2.24) is 0 Å². The zero-order chi connectivity index (χ0) is 8.43. The van der Waals surface area contributed by atoms with E-state index in [1.165, 1.54) is 5.01 Å². The van der Waals surface area contributed by atoms with Gasteiger partial charge >= 0.3 is 0 Å². The van der Waals surface area contributed by atoms with Gasteiger partial charge in [0.1, 0.15) is 0 Å². The van der Waals surface area contributed by atoms with Crippen LogP contribution in [0.25, 0.3) is 0 Å². The third-order valence-electron chi connectivity index (χ3n) is 1.37. The summed E-state index contributed by atoms with van der Waals surface area (Å²) in [6.45, 7) is 0. The van der Waals surface area contributed by atoms with Crippen molar-refractivity contribution in [3.05, 3.63) is 22.7 Å². The molecule has 60 valence electrons. The topological polar surface area (TPSA) is 55.3 Å². The second kappa shape index (κ2) is 3.11. The number of nitrogens with zero attached hydrogens (tertiary/aromatic N) is 1. The zero-order valence-corrected chi connectivity index (χ0v) is 7.80. The van der Waals surface area contributed by atoms with Crippen LogP contribution < -0.4 is 16.6 Å². The van der Waals surface area contributed by atoms with Gasteiger partial charge in [-0.15, -0.1) is 0 Å². The molecular weight excluding hydrogens is 206 g/mol. The molecule has 0 radical (unpaired) electrons. The van der Waals surface area contributed by atoms with Crippen LogP contribution in [0.3, 0.4) is 0 Å². The lowest BCUT2D eigenvalue weighted by atomic mass is 10.3. The molecule has 0 bridgehead atoms. The van der Waals surface area contributed by atoms with Crippen LogP contribution in [0.2, 0.25) is 0 Å². The number of rotatable bonds is 1. The Labute approximate surface area is 74.1 Å². The first kappa shape index (κ1) is 8.36. The molecule has 1 aromatic carbocycles. The van der Waals surface area contributed by atoms with E-state index < -0.39 is 0 Å². The molecule has 0 unspecified atom stereocenters. The van der Waals surface area contributed by atoms with Crippen molar-refractivity contribution >= 4 is 27.3 Å². The largest absolute Gasteiger partial charge is 0.397 e. The minimum atomic E-state index is 0.671. The van der Waals surface area contributed by atoms with Gasteiger partial charge in [-0.25, -0.2) is 5.84 Å². The number of hydrogen-bond acceptors (Lipinski definition) is 3. The van der Waals surface area contributed by atoms with E-state index >= 15 is 0 Å². The quantitative estimate of drug-likeness (QED) is 0.423. The standard InChI is InChI=1S/C7H10BrN3/c1-11(10)7-3-2-5(8)4-6(7)9/h2-4H,9-10H2,1H3. The Hall–Kier alpha value is -0.740. The fraction of sp³-hybridized carbons (Fsp3) is 0.143. The Balaban J connectivity index is 3.09. The molecule has 0 saturated heterocycles. The number of halogens is 1. The van der Waals surface area contributed by atoms with Crippen LogP contribution in [-0.2, 0) is 0 Å². The molecule has 11 heavy (non-hydrogen) atoms. The van der Waals surface area contributed by atoms with Crippen LogP contribution in [0.1, 0.15) is 0 Å². The van der Waals surface area contributed by atoms with Gasteiger partial charge in [-0.05, 0) is 18.2 Å². The van der Waals surface area contributed by atoms with Gasteiger partial charge < -0.3 is 10.7 Å². The molecule has 0 saturated carbocycles. The van der Waals surface area contributed by atoms with E-state index in [0.29, 0.717) is 5.69 Å². The van der Waals surface area contributed by atoms with Gasteiger partial charge in [-0.3, -0.25) is 0 Å². The van der Waals surface area contributed by atoms with Crippen LogP contribution in [-0.4, -0.2) is 7.05 Å². The van der Waals surface area contributed by atoms with Crippen molar-refractivity contribution in [2.45, 2.75) is 0 Å². The molecule has 0 aromatic heterocycles. The van der Waals surface area contributed by atoms with E-state index in [9.17, 15) is 0 Å². The third-order valence-corrected chi connectivity index (χ3v) is 1.86. The first-order valence-corrected chi connectivity index (χ1v) is 3.94. The third kappa shape index (κ3) is 1.85. The lowest BCUT2D eigenvalue weighted by Crippen LogP contribution is -2.25. The Bertz CT molecular complexity index is 260. The maximum absolute atomic E-state index is 5.67. The average Bonchev–Trinajstić information content (AvgIpc) is 1.85. The first-order valence-electron chi connectivity index (χ1n) is 3.14. The minimum absolute atomic E-state index is 0.671. The smallest absolute Gasteiger partial charge is 0.0744 e. The fourth-order valence-corrected chi connectivity index (χ4v) is 1.23. The average molecular weight is 216 g/mol. The number of hydrazine groups is 1. The molecule has 0 fully saturated rings. The summed E-state index contributed by atoms with van der Waals surface area (Å²) in [6.07, 6.45) is 0. The Morgan fingerprint density at radius 2 is 2.09 bits per heavy atom. The van der Waals surface area contributed by atoms with Crippen molar-refractivity contribution in [1.29, 1.82) is 0 Å². The molecular formula is C7H10BrN3. The summed E-state index contributed by atoms with van der Waals surface area (Å²) in [4.78, 5) is 0. The van der Waals surface area contributed by atoms with Crippen LogP contribution >= 0.6 is 15.9 Å². The molecule has 0 heterocycles. The molecule has 0 atom stereocenters. The number of anilines is 2. The predicted octanol–water partition coefficient (Wildman–Crippen LogP) is 1.34. The van der Waals surface area contributed by atoms with Crippen molar-refractivity contribution in [3.63, 3.8) is 0 Å². The molecule has 0 spiro atoms. The fourth-order valence-electron chi connectivity index (χ4n) is 0.847. The van der Waals surface area contributed by atoms with Gasteiger partial charge in [0.25, 0.3) is 0 Å². The normalized spacial score (nSPS) is 9.73. The highest BCUT2D eigenvalue weighted by Crippen LogP contribution is 2.23. The highest BCUT2D eigenvalue weighted by molar-refractivity contribution is 9.10. The van der Waals surface area contributed by atoms with Crippen LogP contribution in [0.15, 0.2) is 22.7 Å². The van der Waals surface area contributed by atoms with Crippen LogP contribution in [0.4, 0.5) is 11.4 Å². The number of hydrogen-bond donors (Lipinski definition) is 2. The van der Waals surface area contributed by atoms with Gasteiger partial charge in [-0.2, -0.15) is 0 Å². The van der Waals surface area contributed by atoms with Gasteiger partial charge in [0.15, 0.2) is 0 Å². The van der Waals surface area contributed by atoms with E-state index in [-0.39, 0.29) is 0 Å². The lowest BCUT2D eigenvalue weighted by Gasteiger charge is -2.14. The van der Waals surface area contributed by atoms with E-state index in [0.717, 1.165) is 10.2 Å². The highest BCUT2D eigenvalue weighted by atomic mass is 79.9. The maximum atomic E-state index is 5.67. The first-order chi connectivity index (χ1) is 5.11. The molecule has 1 rings (SSSR count). The summed E-state index contributed by atoms with van der Waals surface area (Å²) < 4.78 is 0.959. The van der Waals surface area contributed by atoms with Crippen LogP contribution in [0.5, 0.6) is 0 Å². The Morgan fingerprint density at radius 1 is 1.45 bits per heavy atom. The minimum Gasteiger partial charge on any atom is -0.397 e. The van der Waals surface area contributed by atoms with Crippen molar-refractivity contribution in [3.8, 4) is 0 Å². The highest BCUT2D eigenvalue weighted by Gasteiger charge is 2.00. The predicted molar refractivity (Wildman–Crippen MR) is 51.1 cm³/mol.